The van der Waals surface area contributed by atoms with Crippen LogP contribution in [0, 0.1) is 0 Å². The van der Waals surface area contributed by atoms with E-state index in [2.05, 4.69) is 35.8 Å². The zero-order valence-electron chi connectivity index (χ0n) is 18.2. The Kier molecular flexibility index (Phi) is 6.45. The van der Waals surface area contributed by atoms with Crippen molar-refractivity contribution in [2.45, 2.75) is 18.4 Å². The average molecular weight is 486 g/mol. The van der Waals surface area contributed by atoms with Gasteiger partial charge in [0.2, 0.25) is 5.91 Å². The van der Waals surface area contributed by atoms with E-state index in [0.717, 1.165) is 0 Å². The molecule has 3 heterocycles. The number of hydrogen-bond acceptors (Lipinski definition) is 11. The fourth-order valence-corrected chi connectivity index (χ4v) is 3.85. The van der Waals surface area contributed by atoms with E-state index in [-0.39, 0.29) is 40.5 Å². The molecular formula is C20H24ClN11O2. The minimum absolute atomic E-state index is 0.0564. The first-order valence-electron chi connectivity index (χ1n) is 10.5. The molecule has 8 N–H and O–H groups in total. The van der Waals surface area contributed by atoms with E-state index >= 15 is 0 Å². The maximum absolute atomic E-state index is 12.5. The van der Waals surface area contributed by atoms with Crippen LogP contribution in [0.1, 0.15) is 23.3 Å². The Balaban J connectivity index is 1.27. The Morgan fingerprint density at radius 1 is 1.15 bits per heavy atom. The fraction of sp³-hybridized carbons (Fsp3) is 0.350. The van der Waals surface area contributed by atoms with Crippen molar-refractivity contribution in [2.24, 2.45) is 15.2 Å². The number of hydrogen-bond donors (Lipinski definition) is 5. The first kappa shape index (κ1) is 23.2. The number of benzene rings is 1. The van der Waals surface area contributed by atoms with Crippen LogP contribution >= 0.6 is 11.6 Å². The Morgan fingerprint density at radius 2 is 1.88 bits per heavy atom. The van der Waals surface area contributed by atoms with Gasteiger partial charge in [-0.25, -0.2) is 9.97 Å². The third kappa shape index (κ3) is 4.98. The minimum Gasteiger partial charge on any atom is -0.397 e. The van der Waals surface area contributed by atoms with E-state index in [0.29, 0.717) is 49.8 Å². The van der Waals surface area contributed by atoms with Gasteiger partial charge in [0.15, 0.2) is 28.4 Å². The first-order valence-corrected chi connectivity index (χ1v) is 10.9. The number of carbonyl (C=O) groups excluding carboxylic acids is 2. The van der Waals surface area contributed by atoms with E-state index in [4.69, 9.17) is 28.8 Å². The number of nitrogen functional groups attached to an aromatic ring is 3. The monoisotopic (exact) mass is 485 g/mol. The van der Waals surface area contributed by atoms with Crippen molar-refractivity contribution in [1.82, 2.24) is 25.5 Å². The molecule has 0 atom stereocenters. The average Bonchev–Trinajstić information content (AvgIpc) is 3.19. The number of nitrogens with one attached hydrogen (secondary N) is 2. The van der Waals surface area contributed by atoms with Gasteiger partial charge in [-0.2, -0.15) is 10.2 Å². The lowest BCUT2D eigenvalue weighted by Crippen LogP contribution is -2.57. The summed E-state index contributed by atoms with van der Waals surface area (Å²) in [7, 11) is 0. The van der Waals surface area contributed by atoms with Crippen LogP contribution in [0.15, 0.2) is 39.5 Å². The number of piperidine rings is 1. The molecule has 0 aliphatic carbocycles. The molecule has 1 aromatic carbocycles. The maximum atomic E-state index is 12.5. The number of azo groups is 1. The summed E-state index contributed by atoms with van der Waals surface area (Å²) in [4.78, 5) is 38.9. The topological polar surface area (TPSA) is 202 Å². The highest BCUT2D eigenvalue weighted by molar-refractivity contribution is 6.31. The molecule has 2 aliphatic heterocycles. The number of halogens is 1. The number of guanidine groups is 1. The lowest BCUT2D eigenvalue weighted by atomic mass is 9.88. The molecule has 13 nitrogen and oxygen atoms in total. The quantitative estimate of drug-likeness (QED) is 0.307. The van der Waals surface area contributed by atoms with Crippen LogP contribution in [0.2, 0.25) is 5.15 Å². The van der Waals surface area contributed by atoms with Gasteiger partial charge in [0.25, 0.3) is 5.91 Å². The summed E-state index contributed by atoms with van der Waals surface area (Å²) in [5, 5.41) is 13.8. The molecule has 34 heavy (non-hydrogen) atoms. The van der Waals surface area contributed by atoms with Crippen LogP contribution in [0.4, 0.5) is 23.0 Å². The molecule has 2 amide bonds. The summed E-state index contributed by atoms with van der Waals surface area (Å²) in [6, 6.07) is 7.06. The maximum Gasteiger partial charge on any atom is 0.280 e. The van der Waals surface area contributed by atoms with Crippen molar-refractivity contribution in [1.29, 1.82) is 0 Å². The Hall–Kier alpha value is -4.00. The lowest BCUT2D eigenvalue weighted by molar-refractivity contribution is -0.131. The molecule has 4 rings (SSSR count). The summed E-state index contributed by atoms with van der Waals surface area (Å²) < 4.78 is 0. The van der Waals surface area contributed by atoms with Gasteiger partial charge < -0.3 is 27.4 Å². The minimum atomic E-state index is -0.604. The molecule has 1 aromatic heterocycles. The Labute approximate surface area is 199 Å². The molecule has 14 heteroatoms. The standard InChI is InChI=1S/C20H24ClN11O2/c21-15-17(24)28-16(23)14(27-15)18(34)29-19-25-10-20(30-19)5-7-32(8-6-20)13(33)9-26-31-12-4-2-1-3-11(12)22/h1-4H,5-10,22H2,(H4,23,24,28)(H2,25,29,30,34). The third-order valence-corrected chi connectivity index (χ3v) is 5.95. The highest BCUT2D eigenvalue weighted by Crippen LogP contribution is 2.26. The number of likely N-dealkylation sites (tertiary alicyclic amines) is 1. The van der Waals surface area contributed by atoms with Gasteiger partial charge in [-0.15, -0.1) is 0 Å². The van der Waals surface area contributed by atoms with Crippen molar-refractivity contribution in [3.63, 3.8) is 0 Å². The van der Waals surface area contributed by atoms with Gasteiger partial charge in [-0.3, -0.25) is 19.9 Å². The number of amides is 2. The molecule has 1 fully saturated rings. The van der Waals surface area contributed by atoms with Crippen LogP contribution in [-0.2, 0) is 4.79 Å². The number of anilines is 3. The lowest BCUT2D eigenvalue weighted by Gasteiger charge is -2.39. The van der Waals surface area contributed by atoms with E-state index in [9.17, 15) is 9.59 Å². The van der Waals surface area contributed by atoms with Gasteiger partial charge in [0, 0.05) is 13.1 Å². The number of carbonyl (C=O) groups is 2. The summed E-state index contributed by atoms with van der Waals surface area (Å²) in [5.41, 5.74) is 17.6. The molecule has 1 saturated heterocycles. The van der Waals surface area contributed by atoms with Crippen molar-refractivity contribution < 1.29 is 9.59 Å². The number of aliphatic imine (C=N–C) groups is 1. The number of para-hydroxylation sites is 1. The Morgan fingerprint density at radius 3 is 2.62 bits per heavy atom. The van der Waals surface area contributed by atoms with Crippen LogP contribution in [-0.4, -0.2) is 64.4 Å². The van der Waals surface area contributed by atoms with Crippen molar-refractivity contribution in [2.75, 3.05) is 43.4 Å². The zero-order chi connectivity index (χ0) is 24.3. The highest BCUT2D eigenvalue weighted by atomic mass is 35.5. The van der Waals surface area contributed by atoms with Gasteiger partial charge in [0.05, 0.1) is 17.8 Å². The van der Waals surface area contributed by atoms with E-state index in [1.54, 1.807) is 29.2 Å². The summed E-state index contributed by atoms with van der Waals surface area (Å²) in [6.45, 7) is 1.45. The molecule has 0 radical (unpaired) electrons. The third-order valence-electron chi connectivity index (χ3n) is 5.67. The molecule has 2 aliphatic rings. The number of nitrogens with two attached hydrogens (primary N) is 3. The molecule has 0 unspecified atom stereocenters. The van der Waals surface area contributed by atoms with Crippen molar-refractivity contribution >= 4 is 52.4 Å². The van der Waals surface area contributed by atoms with Gasteiger partial charge in [-0.1, -0.05) is 23.7 Å². The van der Waals surface area contributed by atoms with E-state index in [1.807, 2.05) is 0 Å². The normalized spacial score (nSPS) is 17.0. The van der Waals surface area contributed by atoms with E-state index in [1.165, 1.54) is 0 Å². The fourth-order valence-electron chi connectivity index (χ4n) is 3.72. The SMILES string of the molecule is Nc1ccccc1N=NCC(=O)N1CCC2(CC1)CN=C(NC(=O)c1nc(Cl)c(N)nc1N)N2. The second kappa shape index (κ2) is 9.47. The summed E-state index contributed by atoms with van der Waals surface area (Å²) in [5.74, 6) is -0.611. The van der Waals surface area contributed by atoms with Gasteiger partial charge in [-0.05, 0) is 25.0 Å². The molecular weight excluding hydrogens is 462 g/mol. The van der Waals surface area contributed by atoms with Gasteiger partial charge in [0.1, 0.15) is 12.2 Å². The summed E-state index contributed by atoms with van der Waals surface area (Å²) >= 11 is 5.84. The molecule has 2 aromatic rings. The Bertz CT molecular complexity index is 1180. The van der Waals surface area contributed by atoms with Crippen molar-refractivity contribution in [3.05, 3.63) is 35.1 Å². The molecule has 1 spiro atoms. The largest absolute Gasteiger partial charge is 0.397 e. The zero-order valence-corrected chi connectivity index (χ0v) is 18.9. The second-order valence-corrected chi connectivity index (χ2v) is 8.35. The number of aromatic nitrogens is 2. The van der Waals surface area contributed by atoms with Crippen LogP contribution < -0.4 is 27.8 Å². The van der Waals surface area contributed by atoms with Crippen LogP contribution in [0.5, 0.6) is 0 Å². The predicted octanol–water partition coefficient (Wildman–Crippen LogP) is 0.711. The number of rotatable bonds is 4. The molecule has 0 saturated carbocycles. The molecule has 178 valence electrons. The first-order chi connectivity index (χ1) is 16.3. The highest BCUT2D eigenvalue weighted by Gasteiger charge is 2.40. The smallest absolute Gasteiger partial charge is 0.280 e. The molecule has 0 bridgehead atoms. The second-order valence-electron chi connectivity index (χ2n) is 8.00. The van der Waals surface area contributed by atoms with Crippen LogP contribution in [0.25, 0.3) is 0 Å². The van der Waals surface area contributed by atoms with Crippen LogP contribution in [0.3, 0.4) is 0 Å². The van der Waals surface area contributed by atoms with E-state index < -0.39 is 5.91 Å². The predicted molar refractivity (Wildman–Crippen MR) is 128 cm³/mol. The number of nitrogens with zero attached hydrogens (tertiary/aromatic N) is 6. The van der Waals surface area contributed by atoms with Crippen molar-refractivity contribution in [3.8, 4) is 0 Å². The van der Waals surface area contributed by atoms with Gasteiger partial charge >= 0.3 is 0 Å². The summed E-state index contributed by atoms with van der Waals surface area (Å²) in [6.07, 6.45) is 1.31.